The van der Waals surface area contributed by atoms with Crippen molar-refractivity contribution in [1.82, 2.24) is 19.7 Å². The summed E-state index contributed by atoms with van der Waals surface area (Å²) in [6, 6.07) is 0.411. The molecule has 2 aliphatic heterocycles. The Morgan fingerprint density at radius 1 is 1.26 bits per heavy atom. The number of hydrogen-bond donors (Lipinski definition) is 0. The quantitative estimate of drug-likeness (QED) is 0.826. The molecule has 0 aliphatic carbocycles. The maximum atomic E-state index is 11.3. The number of nitrogens with zero attached hydrogens (tertiary/aromatic N) is 4. The molecule has 2 aliphatic rings. The number of hydrogen-bond acceptors (Lipinski definition) is 4. The fraction of sp³-hybridized carbons (Fsp3) is 0.786. The second-order valence-electron chi connectivity index (χ2n) is 5.81. The number of fused-ring (bicyclic) bond motifs is 1. The molecule has 3 rings (SSSR count). The van der Waals surface area contributed by atoms with Crippen molar-refractivity contribution >= 4 is 5.78 Å². The van der Waals surface area contributed by atoms with Gasteiger partial charge in [-0.05, 0) is 39.2 Å². The Hall–Kier alpha value is -1.23. The molecule has 0 aromatic carbocycles. The summed E-state index contributed by atoms with van der Waals surface area (Å²) in [5.74, 6) is 2.52. The Morgan fingerprint density at radius 3 is 3.00 bits per heavy atom. The molecule has 1 saturated heterocycles. The zero-order valence-electron chi connectivity index (χ0n) is 11.6. The molecule has 3 heterocycles. The molecule has 1 aromatic heterocycles. The van der Waals surface area contributed by atoms with Gasteiger partial charge in [-0.2, -0.15) is 0 Å². The Kier molecular flexibility index (Phi) is 3.64. The normalized spacial score (nSPS) is 23.5. The first kappa shape index (κ1) is 12.8. The zero-order chi connectivity index (χ0) is 13.2. The van der Waals surface area contributed by atoms with Crippen LogP contribution in [-0.4, -0.2) is 38.0 Å². The average Bonchev–Trinajstić information content (AvgIpc) is 2.98. The highest BCUT2D eigenvalue weighted by molar-refractivity contribution is 5.76. The molecule has 0 saturated carbocycles. The molecule has 0 radical (unpaired) electrons. The van der Waals surface area contributed by atoms with Crippen LogP contribution >= 0.6 is 0 Å². The molecule has 1 unspecified atom stereocenters. The lowest BCUT2D eigenvalue weighted by molar-refractivity contribution is -0.118. The van der Waals surface area contributed by atoms with Gasteiger partial charge in [-0.15, -0.1) is 10.2 Å². The van der Waals surface area contributed by atoms with Crippen molar-refractivity contribution in [2.24, 2.45) is 0 Å². The van der Waals surface area contributed by atoms with Crippen LogP contribution in [0.4, 0.5) is 0 Å². The number of rotatable bonds is 4. The van der Waals surface area contributed by atoms with Crippen LogP contribution in [0, 0.1) is 0 Å². The maximum Gasteiger partial charge on any atom is 0.147 e. The summed E-state index contributed by atoms with van der Waals surface area (Å²) in [6.45, 7) is 4.68. The summed E-state index contributed by atoms with van der Waals surface area (Å²) in [7, 11) is 0. The van der Waals surface area contributed by atoms with Gasteiger partial charge in [0.15, 0.2) is 0 Å². The third-order valence-electron chi connectivity index (χ3n) is 4.30. The minimum absolute atomic E-state index is 0.292. The van der Waals surface area contributed by atoms with Gasteiger partial charge in [0.05, 0.1) is 6.54 Å². The highest BCUT2D eigenvalue weighted by Gasteiger charge is 2.27. The van der Waals surface area contributed by atoms with Crippen LogP contribution in [0.5, 0.6) is 0 Å². The molecule has 1 aromatic rings. The predicted octanol–water partition coefficient (Wildman–Crippen LogP) is 1.56. The van der Waals surface area contributed by atoms with E-state index in [1.807, 2.05) is 0 Å². The summed E-state index contributed by atoms with van der Waals surface area (Å²) in [5, 5.41) is 8.67. The van der Waals surface area contributed by atoms with Gasteiger partial charge in [0.2, 0.25) is 0 Å². The van der Waals surface area contributed by atoms with E-state index in [1.54, 1.807) is 6.92 Å². The smallest absolute Gasteiger partial charge is 0.147 e. The predicted molar refractivity (Wildman–Crippen MR) is 71.7 cm³/mol. The fourth-order valence-electron chi connectivity index (χ4n) is 3.33. The lowest BCUT2D eigenvalue weighted by Crippen LogP contribution is -2.32. The van der Waals surface area contributed by atoms with Gasteiger partial charge in [-0.25, -0.2) is 0 Å². The number of carbonyl (C=O) groups excluding carboxylic acids is 1. The van der Waals surface area contributed by atoms with E-state index >= 15 is 0 Å². The largest absolute Gasteiger partial charge is 0.314 e. The summed E-state index contributed by atoms with van der Waals surface area (Å²) in [5.41, 5.74) is 0. The molecule has 1 fully saturated rings. The SMILES string of the molecule is CC(=O)CC1CCCN1Cc1nnc2n1CCCC2. The lowest BCUT2D eigenvalue weighted by atomic mass is 10.1. The van der Waals surface area contributed by atoms with Crippen LogP contribution in [0.25, 0.3) is 0 Å². The van der Waals surface area contributed by atoms with Gasteiger partial charge in [-0.3, -0.25) is 9.69 Å². The van der Waals surface area contributed by atoms with E-state index in [2.05, 4.69) is 19.7 Å². The minimum Gasteiger partial charge on any atom is -0.314 e. The third-order valence-corrected chi connectivity index (χ3v) is 4.30. The van der Waals surface area contributed by atoms with Crippen LogP contribution in [0.3, 0.4) is 0 Å². The van der Waals surface area contributed by atoms with Crippen LogP contribution in [-0.2, 0) is 24.3 Å². The van der Waals surface area contributed by atoms with E-state index in [4.69, 9.17) is 0 Å². The van der Waals surface area contributed by atoms with E-state index < -0.39 is 0 Å². The van der Waals surface area contributed by atoms with Gasteiger partial charge >= 0.3 is 0 Å². The minimum atomic E-state index is 0.292. The highest BCUT2D eigenvalue weighted by Crippen LogP contribution is 2.23. The van der Waals surface area contributed by atoms with E-state index in [-0.39, 0.29) is 0 Å². The second-order valence-corrected chi connectivity index (χ2v) is 5.81. The first-order valence-corrected chi connectivity index (χ1v) is 7.38. The topological polar surface area (TPSA) is 51.0 Å². The number of likely N-dealkylation sites (tertiary alicyclic amines) is 1. The maximum absolute atomic E-state index is 11.3. The van der Waals surface area contributed by atoms with Gasteiger partial charge in [0.1, 0.15) is 17.4 Å². The van der Waals surface area contributed by atoms with Crippen LogP contribution in [0.1, 0.15) is 50.7 Å². The zero-order valence-corrected chi connectivity index (χ0v) is 11.6. The molecule has 1 atom stereocenters. The van der Waals surface area contributed by atoms with Gasteiger partial charge in [-0.1, -0.05) is 0 Å². The number of ketones is 1. The molecule has 19 heavy (non-hydrogen) atoms. The number of aryl methyl sites for hydroxylation is 1. The highest BCUT2D eigenvalue weighted by atomic mass is 16.1. The Labute approximate surface area is 114 Å². The van der Waals surface area contributed by atoms with E-state index in [0.717, 1.165) is 44.1 Å². The van der Waals surface area contributed by atoms with Crippen molar-refractivity contribution < 1.29 is 4.79 Å². The van der Waals surface area contributed by atoms with Crippen LogP contribution in [0.2, 0.25) is 0 Å². The van der Waals surface area contributed by atoms with Crippen molar-refractivity contribution in [2.45, 2.75) is 64.6 Å². The molecule has 0 N–H and O–H groups in total. The summed E-state index contributed by atoms with van der Waals surface area (Å²) in [6.07, 6.45) is 6.54. The van der Waals surface area contributed by atoms with E-state index in [0.29, 0.717) is 18.2 Å². The van der Waals surface area contributed by atoms with Gasteiger partial charge < -0.3 is 4.57 Å². The summed E-state index contributed by atoms with van der Waals surface area (Å²) < 4.78 is 2.28. The van der Waals surface area contributed by atoms with Crippen molar-refractivity contribution in [1.29, 1.82) is 0 Å². The number of aromatic nitrogens is 3. The van der Waals surface area contributed by atoms with Crippen molar-refractivity contribution in [3.8, 4) is 0 Å². The average molecular weight is 262 g/mol. The lowest BCUT2D eigenvalue weighted by Gasteiger charge is -2.24. The first-order chi connectivity index (χ1) is 9.24. The van der Waals surface area contributed by atoms with Crippen LogP contribution in [0.15, 0.2) is 0 Å². The molecule has 0 spiro atoms. The summed E-state index contributed by atoms with van der Waals surface area (Å²) >= 11 is 0. The first-order valence-electron chi connectivity index (χ1n) is 7.38. The molecule has 0 bridgehead atoms. The van der Waals surface area contributed by atoms with Crippen LogP contribution < -0.4 is 0 Å². The van der Waals surface area contributed by atoms with Crippen molar-refractivity contribution in [3.05, 3.63) is 11.6 Å². The number of carbonyl (C=O) groups is 1. The molecule has 5 heteroatoms. The standard InChI is InChI=1S/C14H22N4O/c1-11(19)9-12-5-4-7-17(12)10-14-16-15-13-6-2-3-8-18(13)14/h12H,2-10H2,1H3. The van der Waals surface area contributed by atoms with Crippen molar-refractivity contribution in [3.63, 3.8) is 0 Å². The van der Waals surface area contributed by atoms with Gasteiger partial charge in [0.25, 0.3) is 0 Å². The third kappa shape index (κ3) is 2.71. The van der Waals surface area contributed by atoms with E-state index in [1.165, 1.54) is 19.3 Å². The second kappa shape index (κ2) is 5.41. The summed E-state index contributed by atoms with van der Waals surface area (Å²) in [4.78, 5) is 13.7. The Morgan fingerprint density at radius 2 is 2.16 bits per heavy atom. The monoisotopic (exact) mass is 262 g/mol. The molecular weight excluding hydrogens is 240 g/mol. The molecule has 104 valence electrons. The number of Topliss-reactive ketones (excluding diaryl/α,β-unsaturated/α-hetero) is 1. The van der Waals surface area contributed by atoms with Crippen molar-refractivity contribution in [2.75, 3.05) is 6.54 Å². The Bertz CT molecular complexity index is 468. The molecule has 0 amide bonds. The Balaban J connectivity index is 1.70. The van der Waals surface area contributed by atoms with E-state index in [9.17, 15) is 4.79 Å². The van der Waals surface area contributed by atoms with Gasteiger partial charge in [0, 0.05) is 25.4 Å². The molecular formula is C14H22N4O. The fourth-order valence-corrected chi connectivity index (χ4v) is 3.33. The molecule has 5 nitrogen and oxygen atoms in total.